The van der Waals surface area contributed by atoms with E-state index >= 15 is 0 Å². The van der Waals surface area contributed by atoms with Gasteiger partial charge in [0, 0.05) is 18.0 Å². The van der Waals surface area contributed by atoms with Crippen LogP contribution < -0.4 is 14.8 Å². The second-order valence-electron chi connectivity index (χ2n) is 6.95. The number of hydrogen-bond donors (Lipinski definition) is 1. The molecule has 0 spiro atoms. The van der Waals surface area contributed by atoms with E-state index in [9.17, 15) is 4.79 Å². The first-order valence-electron chi connectivity index (χ1n) is 8.51. The number of hydrogen-bond acceptors (Lipinski definition) is 5. The zero-order chi connectivity index (χ0) is 18.7. The molecule has 0 atom stereocenters. The fraction of sp³-hybridized carbons (Fsp3) is 0.421. The van der Waals surface area contributed by atoms with Crippen LogP contribution in [0.3, 0.4) is 0 Å². The van der Waals surface area contributed by atoms with E-state index in [1.54, 1.807) is 18.3 Å². The van der Waals surface area contributed by atoms with E-state index in [4.69, 9.17) is 21.1 Å². The number of carbonyl (C=O) groups is 1. The van der Waals surface area contributed by atoms with Gasteiger partial charge in [0.15, 0.2) is 0 Å². The van der Waals surface area contributed by atoms with E-state index in [2.05, 4.69) is 15.3 Å². The number of methoxy groups -OCH3 is 1. The molecule has 0 aliphatic heterocycles. The van der Waals surface area contributed by atoms with Crippen LogP contribution in [0.15, 0.2) is 24.4 Å². The summed E-state index contributed by atoms with van der Waals surface area (Å²) in [5.74, 6) is 0.732. The number of rotatable bonds is 6. The first kappa shape index (κ1) is 18.5. The summed E-state index contributed by atoms with van der Waals surface area (Å²) in [5, 5.41) is 3.35. The molecule has 0 fully saturated rings. The van der Waals surface area contributed by atoms with Crippen LogP contribution in [0.5, 0.6) is 11.6 Å². The second-order valence-corrected chi connectivity index (χ2v) is 7.33. The minimum Gasteiger partial charge on any atom is -0.491 e. The largest absolute Gasteiger partial charge is 0.491 e. The highest BCUT2D eigenvalue weighted by molar-refractivity contribution is 6.29. The molecule has 0 bridgehead atoms. The number of amides is 1. The highest BCUT2D eigenvalue weighted by Crippen LogP contribution is 2.27. The number of halogens is 1. The van der Waals surface area contributed by atoms with Crippen molar-refractivity contribution in [3.8, 4) is 11.6 Å². The number of nitrogens with zero attached hydrogens (tertiary/aromatic N) is 2. The van der Waals surface area contributed by atoms with Gasteiger partial charge in [-0.3, -0.25) is 4.79 Å². The van der Waals surface area contributed by atoms with Gasteiger partial charge in [-0.25, -0.2) is 9.97 Å². The van der Waals surface area contributed by atoms with Crippen molar-refractivity contribution < 1.29 is 14.3 Å². The van der Waals surface area contributed by atoms with Gasteiger partial charge in [-0.2, -0.15) is 0 Å². The molecule has 0 aromatic carbocycles. The van der Waals surface area contributed by atoms with Crippen molar-refractivity contribution in [2.45, 2.75) is 38.6 Å². The summed E-state index contributed by atoms with van der Waals surface area (Å²) in [5.41, 5.74) is 2.00. The third kappa shape index (κ3) is 4.25. The normalized spacial score (nSPS) is 13.2. The number of aryl methyl sites for hydroxylation is 2. The number of fused-ring (bicyclic) bond motifs is 1. The Morgan fingerprint density at radius 2 is 2.15 bits per heavy atom. The lowest BCUT2D eigenvalue weighted by Gasteiger charge is -2.26. The topological polar surface area (TPSA) is 73.3 Å². The van der Waals surface area contributed by atoms with Crippen molar-refractivity contribution in [1.29, 1.82) is 0 Å². The molecule has 1 amide bonds. The average molecular weight is 376 g/mol. The second kappa shape index (κ2) is 7.50. The zero-order valence-corrected chi connectivity index (χ0v) is 15.9. The molecule has 2 aromatic heterocycles. The average Bonchev–Trinajstić information content (AvgIpc) is 3.06. The number of pyridine rings is 2. The van der Waals surface area contributed by atoms with Crippen LogP contribution in [0, 0.1) is 0 Å². The molecule has 2 heterocycles. The highest BCUT2D eigenvalue weighted by Gasteiger charge is 2.26. The smallest absolute Gasteiger partial charge is 0.257 e. The van der Waals surface area contributed by atoms with Gasteiger partial charge in [-0.15, -0.1) is 0 Å². The van der Waals surface area contributed by atoms with Gasteiger partial charge in [-0.1, -0.05) is 11.6 Å². The van der Waals surface area contributed by atoms with Crippen molar-refractivity contribution in [2.24, 2.45) is 0 Å². The van der Waals surface area contributed by atoms with Crippen molar-refractivity contribution in [2.75, 3.05) is 13.7 Å². The van der Waals surface area contributed by atoms with Crippen LogP contribution in [-0.2, 0) is 12.8 Å². The van der Waals surface area contributed by atoms with Crippen molar-refractivity contribution in [1.82, 2.24) is 15.3 Å². The number of ether oxygens (including phenoxy) is 2. The van der Waals surface area contributed by atoms with E-state index < -0.39 is 5.54 Å². The SMILES string of the molecule is COc1nc2c(cc1C(=O)NC(C)(C)COc1ccnc(Cl)c1)CCC2. The Hall–Kier alpha value is -2.34. The van der Waals surface area contributed by atoms with Crippen LogP contribution in [0.1, 0.15) is 41.9 Å². The Labute approximate surface area is 157 Å². The molecule has 1 aliphatic rings. The highest BCUT2D eigenvalue weighted by atomic mass is 35.5. The number of carbonyl (C=O) groups excluding carboxylic acids is 1. The van der Waals surface area contributed by atoms with Crippen molar-refractivity contribution in [3.05, 3.63) is 46.4 Å². The summed E-state index contributed by atoms with van der Waals surface area (Å²) >= 11 is 5.86. The lowest BCUT2D eigenvalue weighted by atomic mass is 10.1. The molecule has 0 unspecified atom stereocenters. The molecule has 1 N–H and O–H groups in total. The molecular weight excluding hydrogens is 354 g/mol. The minimum atomic E-state index is -0.600. The lowest BCUT2D eigenvalue weighted by molar-refractivity contribution is 0.0877. The van der Waals surface area contributed by atoms with Gasteiger partial charge in [0.05, 0.1) is 12.6 Å². The number of aromatic nitrogens is 2. The Morgan fingerprint density at radius 1 is 1.35 bits per heavy atom. The van der Waals surface area contributed by atoms with Gasteiger partial charge < -0.3 is 14.8 Å². The predicted octanol–water partition coefficient (Wildman–Crippen LogP) is 3.21. The van der Waals surface area contributed by atoms with Crippen LogP contribution in [-0.4, -0.2) is 35.1 Å². The molecular formula is C19H22ClN3O3. The summed E-state index contributed by atoms with van der Waals surface area (Å²) in [6.45, 7) is 4.06. The van der Waals surface area contributed by atoms with Crippen LogP contribution >= 0.6 is 11.6 Å². The molecule has 0 saturated heterocycles. The lowest BCUT2D eigenvalue weighted by Crippen LogP contribution is -2.48. The first-order chi connectivity index (χ1) is 12.4. The van der Waals surface area contributed by atoms with Gasteiger partial charge in [0.25, 0.3) is 5.91 Å². The van der Waals surface area contributed by atoms with Crippen LogP contribution in [0.2, 0.25) is 5.15 Å². The van der Waals surface area contributed by atoms with Crippen LogP contribution in [0.25, 0.3) is 0 Å². The van der Waals surface area contributed by atoms with E-state index in [0.717, 1.165) is 30.5 Å². The van der Waals surface area contributed by atoms with Gasteiger partial charge >= 0.3 is 0 Å². The summed E-state index contributed by atoms with van der Waals surface area (Å²) < 4.78 is 11.1. The zero-order valence-electron chi connectivity index (χ0n) is 15.1. The molecule has 6 nitrogen and oxygen atoms in total. The van der Waals surface area contributed by atoms with Crippen molar-refractivity contribution >= 4 is 17.5 Å². The first-order valence-corrected chi connectivity index (χ1v) is 8.89. The van der Waals surface area contributed by atoms with Gasteiger partial charge in [-0.05, 0) is 50.8 Å². The van der Waals surface area contributed by atoms with Gasteiger partial charge in [0.1, 0.15) is 23.1 Å². The monoisotopic (exact) mass is 375 g/mol. The molecule has 138 valence electrons. The third-order valence-corrected chi connectivity index (χ3v) is 4.41. The van der Waals surface area contributed by atoms with E-state index in [0.29, 0.717) is 22.3 Å². The molecule has 2 aromatic rings. The molecule has 7 heteroatoms. The summed E-state index contributed by atoms with van der Waals surface area (Å²) in [6, 6.07) is 5.24. The van der Waals surface area contributed by atoms with E-state index in [1.165, 1.54) is 7.11 Å². The predicted molar refractivity (Wildman–Crippen MR) is 99.1 cm³/mol. The molecule has 0 radical (unpaired) electrons. The quantitative estimate of drug-likeness (QED) is 0.785. The molecule has 26 heavy (non-hydrogen) atoms. The standard InChI is InChI=1S/C19H22ClN3O3/c1-19(2,11-26-13-7-8-21-16(20)10-13)23-17(24)14-9-12-5-4-6-15(12)22-18(14)25-3/h7-10H,4-6,11H2,1-3H3,(H,23,24). The molecule has 1 aliphatic carbocycles. The Balaban J connectivity index is 1.70. The maximum atomic E-state index is 12.8. The maximum absolute atomic E-state index is 12.8. The Bertz CT molecular complexity index is 824. The minimum absolute atomic E-state index is 0.231. The summed E-state index contributed by atoms with van der Waals surface area (Å²) in [7, 11) is 1.53. The van der Waals surface area contributed by atoms with E-state index in [1.807, 2.05) is 19.9 Å². The maximum Gasteiger partial charge on any atom is 0.257 e. The molecule has 3 rings (SSSR count). The van der Waals surface area contributed by atoms with Crippen molar-refractivity contribution in [3.63, 3.8) is 0 Å². The summed E-state index contributed by atoms with van der Waals surface area (Å²) in [6.07, 6.45) is 4.51. The molecule has 0 saturated carbocycles. The van der Waals surface area contributed by atoms with Gasteiger partial charge in [0.2, 0.25) is 5.88 Å². The fourth-order valence-electron chi connectivity index (χ4n) is 2.92. The fourth-order valence-corrected chi connectivity index (χ4v) is 3.08. The third-order valence-electron chi connectivity index (χ3n) is 4.20. The van der Waals surface area contributed by atoms with Crippen LogP contribution in [0.4, 0.5) is 0 Å². The summed E-state index contributed by atoms with van der Waals surface area (Å²) in [4.78, 5) is 21.2. The number of nitrogens with one attached hydrogen (secondary N) is 1. The van der Waals surface area contributed by atoms with E-state index in [-0.39, 0.29) is 12.5 Å². The Morgan fingerprint density at radius 3 is 2.88 bits per heavy atom. The Kier molecular flexibility index (Phi) is 5.32.